The van der Waals surface area contributed by atoms with Crippen molar-refractivity contribution in [3.63, 3.8) is 0 Å². The third kappa shape index (κ3) is 5.47. The number of hydrogen-bond acceptors (Lipinski definition) is 6. The number of benzene rings is 1. The van der Waals surface area contributed by atoms with Crippen LogP contribution in [0.2, 0.25) is 0 Å². The van der Waals surface area contributed by atoms with Gasteiger partial charge in [-0.25, -0.2) is 9.18 Å². The Kier molecular flexibility index (Phi) is 7.41. The zero-order valence-corrected chi connectivity index (χ0v) is 19.1. The van der Waals surface area contributed by atoms with Crippen LogP contribution in [-0.4, -0.2) is 35.3 Å². The third-order valence-corrected chi connectivity index (χ3v) is 4.71. The van der Waals surface area contributed by atoms with Crippen molar-refractivity contribution in [2.24, 2.45) is 0 Å². The highest BCUT2D eigenvalue weighted by atomic mass is 79.9. The number of carbonyl (C=O) groups is 2. The van der Waals surface area contributed by atoms with E-state index in [1.54, 1.807) is 27.7 Å². The van der Waals surface area contributed by atoms with Crippen LogP contribution in [0.15, 0.2) is 33.5 Å². The van der Waals surface area contributed by atoms with Gasteiger partial charge in [0.05, 0.1) is 22.3 Å². The Morgan fingerprint density at radius 2 is 1.80 bits per heavy atom. The Bertz CT molecular complexity index is 1010. The lowest BCUT2D eigenvalue weighted by atomic mass is 10.1. The van der Waals surface area contributed by atoms with E-state index < -0.39 is 28.9 Å². The molecule has 0 aliphatic heterocycles. The second kappa shape index (κ2) is 9.42. The summed E-state index contributed by atoms with van der Waals surface area (Å²) in [6.45, 7) is 8.23. The van der Waals surface area contributed by atoms with Gasteiger partial charge in [0.15, 0.2) is 0 Å². The quantitative estimate of drug-likeness (QED) is 0.626. The third-order valence-electron chi connectivity index (χ3n) is 3.93. The topological polar surface area (TPSA) is 86.6 Å². The normalized spacial score (nSPS) is 11.2. The van der Waals surface area contributed by atoms with Crippen LogP contribution in [0.25, 0.3) is 5.69 Å². The highest BCUT2D eigenvalue weighted by molar-refractivity contribution is 9.10. The number of carbonyl (C=O) groups excluding carboxylic acids is 2. The number of hydrogen-bond donors (Lipinski definition) is 1. The molecule has 0 unspecified atom stereocenters. The zero-order valence-electron chi connectivity index (χ0n) is 17.5. The second-order valence-electron chi connectivity index (χ2n) is 7.44. The fourth-order valence-corrected chi connectivity index (χ4v) is 3.51. The van der Waals surface area contributed by atoms with Crippen LogP contribution >= 0.6 is 15.9 Å². The van der Waals surface area contributed by atoms with Crippen molar-refractivity contribution in [1.29, 1.82) is 0 Å². The van der Waals surface area contributed by atoms with Crippen molar-refractivity contribution in [3.8, 4) is 5.69 Å². The van der Waals surface area contributed by atoms with Crippen molar-refractivity contribution in [3.05, 3.63) is 56.0 Å². The first-order valence-electron chi connectivity index (χ1n) is 9.30. The summed E-state index contributed by atoms with van der Waals surface area (Å²) < 4.78 is 25.2. The summed E-state index contributed by atoms with van der Waals surface area (Å²) in [5.74, 6) is -1.54. The maximum Gasteiger partial charge on any atom is 0.339 e. The van der Waals surface area contributed by atoms with E-state index in [1.807, 2.05) is 0 Å². The van der Waals surface area contributed by atoms with Crippen LogP contribution in [0.3, 0.4) is 0 Å². The molecule has 162 valence electrons. The highest BCUT2D eigenvalue weighted by Gasteiger charge is 2.25. The van der Waals surface area contributed by atoms with E-state index in [0.717, 1.165) is 0 Å². The molecule has 0 saturated carbocycles. The number of nitrogens with one attached hydrogen (secondary N) is 1. The SMILES string of the molecule is CCOC(=O)c1c(Br)c(NCC(=O)OC(C)(C)C)n(-c2ccc(F)cc2)c(=O)c1C. The molecular weight excluding hydrogens is 459 g/mol. The summed E-state index contributed by atoms with van der Waals surface area (Å²) in [5.41, 5.74) is -0.651. The number of nitrogens with zero attached hydrogens (tertiary/aromatic N) is 1. The standard InChI is InChI=1S/C21H24BrFN2O5/c1-6-29-20(28)16-12(2)19(27)25(14-9-7-13(23)8-10-14)18(17(16)22)24-11-15(26)30-21(3,4)5/h7-10,24H,6,11H2,1-5H3. The highest BCUT2D eigenvalue weighted by Crippen LogP contribution is 2.30. The van der Waals surface area contributed by atoms with E-state index in [0.29, 0.717) is 5.69 Å². The largest absolute Gasteiger partial charge is 0.462 e. The van der Waals surface area contributed by atoms with E-state index in [2.05, 4.69) is 21.2 Å². The number of aromatic nitrogens is 1. The second-order valence-corrected chi connectivity index (χ2v) is 8.23. The van der Waals surface area contributed by atoms with Gasteiger partial charge in [-0.05, 0) is 74.8 Å². The maximum atomic E-state index is 13.4. The number of ether oxygens (including phenoxy) is 2. The maximum absolute atomic E-state index is 13.4. The van der Waals surface area contributed by atoms with Gasteiger partial charge >= 0.3 is 11.9 Å². The molecule has 1 N–H and O–H groups in total. The summed E-state index contributed by atoms with van der Waals surface area (Å²) in [7, 11) is 0. The van der Waals surface area contributed by atoms with Crippen LogP contribution in [0, 0.1) is 12.7 Å². The molecule has 0 spiro atoms. The molecule has 9 heteroatoms. The molecule has 0 atom stereocenters. The first kappa shape index (κ1) is 23.6. The molecule has 7 nitrogen and oxygen atoms in total. The van der Waals surface area contributed by atoms with Gasteiger partial charge in [0.2, 0.25) is 0 Å². The Labute approximate surface area is 182 Å². The van der Waals surface area contributed by atoms with E-state index in [-0.39, 0.29) is 34.6 Å². The van der Waals surface area contributed by atoms with Gasteiger partial charge in [-0.2, -0.15) is 0 Å². The molecule has 0 bridgehead atoms. The molecular formula is C21H24BrFN2O5. The van der Waals surface area contributed by atoms with Gasteiger partial charge in [0.25, 0.3) is 5.56 Å². The van der Waals surface area contributed by atoms with E-state index >= 15 is 0 Å². The molecule has 1 aromatic heterocycles. The number of rotatable bonds is 6. The summed E-state index contributed by atoms with van der Waals surface area (Å²) in [5, 5.41) is 2.86. The Hall–Kier alpha value is -2.68. The van der Waals surface area contributed by atoms with Gasteiger partial charge in [0, 0.05) is 5.56 Å². The lowest BCUT2D eigenvalue weighted by molar-refractivity contribution is -0.152. The van der Waals surface area contributed by atoms with E-state index in [9.17, 15) is 18.8 Å². The monoisotopic (exact) mass is 482 g/mol. The first-order valence-corrected chi connectivity index (χ1v) is 10.1. The predicted molar refractivity (Wildman–Crippen MR) is 115 cm³/mol. The number of anilines is 1. The van der Waals surface area contributed by atoms with Crippen LogP contribution in [0.5, 0.6) is 0 Å². The van der Waals surface area contributed by atoms with Gasteiger partial charge in [-0.3, -0.25) is 14.2 Å². The van der Waals surface area contributed by atoms with Crippen molar-refractivity contribution in [2.45, 2.75) is 40.2 Å². The summed E-state index contributed by atoms with van der Waals surface area (Å²) in [6.07, 6.45) is 0. The summed E-state index contributed by atoms with van der Waals surface area (Å²) in [6, 6.07) is 5.26. The minimum absolute atomic E-state index is 0.0481. The Morgan fingerprint density at radius 1 is 1.20 bits per heavy atom. The Balaban J connectivity index is 2.62. The average molecular weight is 483 g/mol. The molecule has 0 saturated heterocycles. The first-order chi connectivity index (χ1) is 14.0. The number of halogens is 2. The smallest absolute Gasteiger partial charge is 0.339 e. The summed E-state index contributed by atoms with van der Waals surface area (Å²) in [4.78, 5) is 37.7. The number of esters is 2. The van der Waals surface area contributed by atoms with Crippen LogP contribution in [-0.2, 0) is 14.3 Å². The minimum Gasteiger partial charge on any atom is -0.462 e. The van der Waals surface area contributed by atoms with Crippen LogP contribution in [0.4, 0.5) is 10.2 Å². The lowest BCUT2D eigenvalue weighted by Gasteiger charge is -2.22. The predicted octanol–water partition coefficient (Wildman–Crippen LogP) is 3.98. The molecule has 2 aromatic rings. The van der Waals surface area contributed by atoms with Gasteiger partial charge in [0.1, 0.15) is 23.8 Å². The molecule has 30 heavy (non-hydrogen) atoms. The van der Waals surface area contributed by atoms with Gasteiger partial charge in [-0.15, -0.1) is 0 Å². The molecule has 0 fully saturated rings. The molecule has 0 amide bonds. The van der Waals surface area contributed by atoms with E-state index in [4.69, 9.17) is 9.47 Å². The van der Waals surface area contributed by atoms with Crippen LogP contribution in [0.1, 0.15) is 43.6 Å². The molecule has 0 aliphatic rings. The zero-order chi connectivity index (χ0) is 22.6. The minimum atomic E-state index is -0.685. The van der Waals surface area contributed by atoms with Crippen molar-refractivity contribution < 1.29 is 23.5 Å². The van der Waals surface area contributed by atoms with Crippen molar-refractivity contribution >= 4 is 33.7 Å². The average Bonchev–Trinajstić information content (AvgIpc) is 2.63. The number of pyridine rings is 1. The lowest BCUT2D eigenvalue weighted by Crippen LogP contribution is -2.32. The van der Waals surface area contributed by atoms with Crippen molar-refractivity contribution in [2.75, 3.05) is 18.5 Å². The van der Waals surface area contributed by atoms with Gasteiger partial charge in [-0.1, -0.05) is 0 Å². The Morgan fingerprint density at radius 3 is 2.33 bits per heavy atom. The summed E-state index contributed by atoms with van der Waals surface area (Å²) >= 11 is 3.36. The van der Waals surface area contributed by atoms with E-state index in [1.165, 1.54) is 35.8 Å². The molecule has 1 aromatic carbocycles. The fourth-order valence-electron chi connectivity index (χ4n) is 2.73. The van der Waals surface area contributed by atoms with Crippen molar-refractivity contribution in [1.82, 2.24) is 4.57 Å². The molecule has 1 heterocycles. The van der Waals surface area contributed by atoms with Gasteiger partial charge < -0.3 is 14.8 Å². The fraction of sp³-hybridized carbons (Fsp3) is 0.381. The molecule has 0 aliphatic carbocycles. The molecule has 0 radical (unpaired) electrons. The molecule has 2 rings (SSSR count). The van der Waals surface area contributed by atoms with Crippen LogP contribution < -0.4 is 10.9 Å².